The molecule has 0 spiro atoms. The van der Waals surface area contributed by atoms with Gasteiger partial charge in [-0.05, 0) is 30.7 Å². The van der Waals surface area contributed by atoms with E-state index in [0.717, 1.165) is 5.56 Å². The molecule has 0 unspecified atom stereocenters. The molecule has 0 radical (unpaired) electrons. The van der Waals surface area contributed by atoms with E-state index in [1.165, 1.54) is 0 Å². The quantitative estimate of drug-likeness (QED) is 0.712. The summed E-state index contributed by atoms with van der Waals surface area (Å²) in [6.07, 6.45) is -1.62. The first-order valence-electron chi connectivity index (χ1n) is 5.46. The zero-order valence-electron chi connectivity index (χ0n) is 10.2. The molecule has 0 aliphatic rings. The standard InChI is InChI=1S/C12H14ClNO5/c1-7-4-8(13)2-3-10(7)19-6-11(16)14-5-9(15)12(17)18/h2-4,9,15H,5-6H2,1H3,(H,14,16)(H,17,18)/t9-/m0/s1. The Hall–Kier alpha value is -1.79. The number of ether oxygens (including phenoxy) is 1. The van der Waals surface area contributed by atoms with Crippen molar-refractivity contribution in [2.45, 2.75) is 13.0 Å². The number of carboxylic acid groups (broad SMARTS) is 1. The highest BCUT2D eigenvalue weighted by Crippen LogP contribution is 2.21. The molecule has 1 rings (SSSR count). The van der Waals surface area contributed by atoms with Crippen LogP contribution >= 0.6 is 11.6 Å². The van der Waals surface area contributed by atoms with E-state index in [9.17, 15) is 9.59 Å². The number of carbonyl (C=O) groups excluding carboxylic acids is 1. The summed E-state index contributed by atoms with van der Waals surface area (Å²) in [5.74, 6) is -1.40. The topological polar surface area (TPSA) is 95.9 Å². The normalized spacial score (nSPS) is 11.7. The highest BCUT2D eigenvalue weighted by atomic mass is 35.5. The van der Waals surface area contributed by atoms with Crippen LogP contribution in [-0.2, 0) is 9.59 Å². The minimum atomic E-state index is -1.62. The lowest BCUT2D eigenvalue weighted by Crippen LogP contribution is -2.38. The molecule has 0 aliphatic carbocycles. The van der Waals surface area contributed by atoms with E-state index in [2.05, 4.69) is 5.32 Å². The molecule has 7 heteroatoms. The van der Waals surface area contributed by atoms with Gasteiger partial charge in [0.15, 0.2) is 12.7 Å². The molecule has 0 aliphatic heterocycles. The second-order valence-electron chi connectivity index (χ2n) is 3.86. The number of halogens is 1. The number of aliphatic carboxylic acids is 1. The number of hydrogen-bond donors (Lipinski definition) is 3. The Bertz CT molecular complexity index is 477. The number of nitrogens with one attached hydrogen (secondary N) is 1. The van der Waals surface area contributed by atoms with Crippen LogP contribution in [0.3, 0.4) is 0 Å². The first-order chi connectivity index (χ1) is 8.90. The lowest BCUT2D eigenvalue weighted by Gasteiger charge is -2.10. The Labute approximate surface area is 114 Å². The van der Waals surface area contributed by atoms with Crippen LogP contribution in [0, 0.1) is 6.92 Å². The monoisotopic (exact) mass is 287 g/mol. The molecule has 1 aromatic rings. The van der Waals surface area contributed by atoms with Gasteiger partial charge in [-0.25, -0.2) is 4.79 Å². The second-order valence-corrected chi connectivity index (χ2v) is 4.29. The van der Waals surface area contributed by atoms with Gasteiger partial charge in [-0.3, -0.25) is 4.79 Å². The van der Waals surface area contributed by atoms with Crippen LogP contribution in [0.4, 0.5) is 0 Å². The van der Waals surface area contributed by atoms with E-state index in [4.69, 9.17) is 26.6 Å². The molecule has 0 saturated carbocycles. The maximum absolute atomic E-state index is 11.4. The third-order valence-electron chi connectivity index (χ3n) is 2.27. The van der Waals surface area contributed by atoms with Gasteiger partial charge in [0.1, 0.15) is 5.75 Å². The maximum Gasteiger partial charge on any atom is 0.334 e. The fourth-order valence-corrected chi connectivity index (χ4v) is 1.49. The summed E-state index contributed by atoms with van der Waals surface area (Å²) < 4.78 is 5.25. The van der Waals surface area contributed by atoms with Crippen molar-refractivity contribution < 1.29 is 24.5 Å². The van der Waals surface area contributed by atoms with Crippen LogP contribution < -0.4 is 10.1 Å². The third kappa shape index (κ3) is 5.15. The molecule has 19 heavy (non-hydrogen) atoms. The molecule has 0 heterocycles. The number of hydrogen-bond acceptors (Lipinski definition) is 4. The van der Waals surface area contributed by atoms with Gasteiger partial charge in [0.25, 0.3) is 5.91 Å². The minimum Gasteiger partial charge on any atom is -0.484 e. The van der Waals surface area contributed by atoms with Crippen LogP contribution in [0.15, 0.2) is 18.2 Å². The molecule has 0 bridgehead atoms. The van der Waals surface area contributed by atoms with Crippen LogP contribution in [0.25, 0.3) is 0 Å². The van der Waals surface area contributed by atoms with Crippen molar-refractivity contribution in [1.82, 2.24) is 5.32 Å². The smallest absolute Gasteiger partial charge is 0.334 e. The molecule has 1 atom stereocenters. The molecule has 1 amide bonds. The molecule has 1 aromatic carbocycles. The summed E-state index contributed by atoms with van der Waals surface area (Å²) in [5, 5.41) is 20.2. The van der Waals surface area contributed by atoms with Gasteiger partial charge in [-0.2, -0.15) is 0 Å². The molecule has 0 saturated heterocycles. The Morgan fingerprint density at radius 2 is 2.16 bits per heavy atom. The summed E-state index contributed by atoms with van der Waals surface area (Å²) >= 11 is 5.78. The molecular formula is C12H14ClNO5. The van der Waals surface area contributed by atoms with Gasteiger partial charge in [0.05, 0.1) is 6.54 Å². The summed E-state index contributed by atoms with van der Waals surface area (Å²) in [6.45, 7) is 1.15. The Kier molecular flexibility index (Phi) is 5.59. The Balaban J connectivity index is 2.40. The van der Waals surface area contributed by atoms with Gasteiger partial charge in [0, 0.05) is 5.02 Å². The van der Waals surface area contributed by atoms with Crippen LogP contribution in [0.1, 0.15) is 5.56 Å². The first kappa shape index (κ1) is 15.3. The van der Waals surface area contributed by atoms with Crippen LogP contribution in [-0.4, -0.2) is 41.3 Å². The second kappa shape index (κ2) is 6.96. The minimum absolute atomic E-state index is 0.269. The SMILES string of the molecule is Cc1cc(Cl)ccc1OCC(=O)NC[C@H](O)C(=O)O. The number of benzene rings is 1. The van der Waals surface area contributed by atoms with Crippen molar-refractivity contribution in [3.05, 3.63) is 28.8 Å². The van der Waals surface area contributed by atoms with Crippen molar-refractivity contribution >= 4 is 23.5 Å². The molecule has 0 fully saturated rings. The van der Waals surface area contributed by atoms with Crippen molar-refractivity contribution in [2.24, 2.45) is 0 Å². The van der Waals surface area contributed by atoms with Gasteiger partial charge < -0.3 is 20.3 Å². The van der Waals surface area contributed by atoms with E-state index in [-0.39, 0.29) is 13.2 Å². The van der Waals surface area contributed by atoms with Crippen molar-refractivity contribution in [3.8, 4) is 5.75 Å². The number of rotatable bonds is 6. The molecular weight excluding hydrogens is 274 g/mol. The fraction of sp³-hybridized carbons (Fsp3) is 0.333. The molecule has 104 valence electrons. The van der Waals surface area contributed by atoms with E-state index >= 15 is 0 Å². The number of amides is 1. The van der Waals surface area contributed by atoms with Crippen LogP contribution in [0.2, 0.25) is 5.02 Å². The predicted molar refractivity (Wildman–Crippen MR) is 68.3 cm³/mol. The number of carbonyl (C=O) groups is 2. The summed E-state index contributed by atoms with van der Waals surface area (Å²) in [7, 11) is 0. The largest absolute Gasteiger partial charge is 0.484 e. The molecule has 6 nitrogen and oxygen atoms in total. The highest BCUT2D eigenvalue weighted by molar-refractivity contribution is 6.30. The summed E-state index contributed by atoms with van der Waals surface area (Å²) in [4.78, 5) is 21.7. The van der Waals surface area contributed by atoms with Gasteiger partial charge in [-0.1, -0.05) is 11.6 Å². The average molecular weight is 288 g/mol. The fourth-order valence-electron chi connectivity index (χ4n) is 1.27. The lowest BCUT2D eigenvalue weighted by molar-refractivity contribution is -0.146. The van der Waals surface area contributed by atoms with Gasteiger partial charge >= 0.3 is 5.97 Å². The van der Waals surface area contributed by atoms with Crippen molar-refractivity contribution in [3.63, 3.8) is 0 Å². The van der Waals surface area contributed by atoms with Crippen molar-refractivity contribution in [2.75, 3.05) is 13.2 Å². The first-order valence-corrected chi connectivity index (χ1v) is 5.84. The highest BCUT2D eigenvalue weighted by Gasteiger charge is 2.14. The van der Waals surface area contributed by atoms with E-state index in [1.807, 2.05) is 0 Å². The van der Waals surface area contributed by atoms with Gasteiger partial charge in [-0.15, -0.1) is 0 Å². The summed E-state index contributed by atoms with van der Waals surface area (Å²) in [6, 6.07) is 4.97. The Morgan fingerprint density at radius 1 is 1.47 bits per heavy atom. The number of aliphatic hydroxyl groups excluding tert-OH is 1. The van der Waals surface area contributed by atoms with Crippen LogP contribution in [0.5, 0.6) is 5.75 Å². The van der Waals surface area contributed by atoms with E-state index in [1.54, 1.807) is 25.1 Å². The number of aliphatic hydroxyl groups is 1. The summed E-state index contributed by atoms with van der Waals surface area (Å²) in [5.41, 5.74) is 0.783. The molecule has 0 aromatic heterocycles. The van der Waals surface area contributed by atoms with E-state index in [0.29, 0.717) is 10.8 Å². The predicted octanol–water partition coefficient (Wildman–Crippen LogP) is 0.589. The third-order valence-corrected chi connectivity index (χ3v) is 2.51. The van der Waals surface area contributed by atoms with E-state index < -0.39 is 18.0 Å². The zero-order chi connectivity index (χ0) is 14.4. The molecule has 3 N–H and O–H groups in total. The lowest BCUT2D eigenvalue weighted by atomic mass is 10.2. The number of carboxylic acids is 1. The maximum atomic E-state index is 11.4. The zero-order valence-corrected chi connectivity index (χ0v) is 11.0. The average Bonchev–Trinajstić information content (AvgIpc) is 2.34. The van der Waals surface area contributed by atoms with Crippen molar-refractivity contribution in [1.29, 1.82) is 0 Å². The van der Waals surface area contributed by atoms with Gasteiger partial charge in [0.2, 0.25) is 0 Å². The Morgan fingerprint density at radius 3 is 2.74 bits per heavy atom. The number of aryl methyl sites for hydroxylation is 1.